The summed E-state index contributed by atoms with van der Waals surface area (Å²) in [5.41, 5.74) is 2.24. The second kappa shape index (κ2) is 6.92. The lowest BCUT2D eigenvalue weighted by Gasteiger charge is -2.33. The molecule has 2 aromatic rings. The minimum atomic E-state index is -0.0798. The molecule has 1 aliphatic heterocycles. The van der Waals surface area contributed by atoms with E-state index in [0.29, 0.717) is 25.4 Å². The zero-order chi connectivity index (χ0) is 17.2. The van der Waals surface area contributed by atoms with E-state index in [1.807, 2.05) is 22.6 Å². The number of aromatic nitrogens is 4. The van der Waals surface area contributed by atoms with Gasteiger partial charge in [-0.05, 0) is 38.2 Å². The molecule has 1 fully saturated rings. The summed E-state index contributed by atoms with van der Waals surface area (Å²) in [7, 11) is 0. The number of rotatable bonds is 6. The average Bonchev–Trinajstić information content (AvgIpc) is 3.33. The maximum atomic E-state index is 12.8. The molecule has 0 N–H and O–H groups in total. The fourth-order valence-electron chi connectivity index (χ4n) is 3.17. The molecule has 2 aromatic heterocycles. The van der Waals surface area contributed by atoms with Crippen molar-refractivity contribution in [1.82, 2.24) is 24.6 Å². The summed E-state index contributed by atoms with van der Waals surface area (Å²) in [5.74, 6) is 0.689. The Morgan fingerprint density at radius 1 is 1.32 bits per heavy atom. The molecule has 7 heteroatoms. The minimum absolute atomic E-state index is 0.0798. The lowest BCUT2D eigenvalue weighted by atomic mass is 10.1. The Bertz CT molecular complexity index is 738. The van der Waals surface area contributed by atoms with Gasteiger partial charge in [-0.25, -0.2) is 4.98 Å². The summed E-state index contributed by atoms with van der Waals surface area (Å²) in [5, 5.41) is 4.44. The maximum Gasteiger partial charge on any atom is 0.274 e. The second-order valence-electron chi connectivity index (χ2n) is 6.96. The van der Waals surface area contributed by atoms with E-state index in [-0.39, 0.29) is 11.9 Å². The molecule has 132 valence electrons. The van der Waals surface area contributed by atoms with E-state index >= 15 is 0 Å². The monoisotopic (exact) mass is 341 g/mol. The normalized spacial score (nSPS) is 19.7. The van der Waals surface area contributed by atoms with Crippen LogP contribution in [0.3, 0.4) is 0 Å². The van der Waals surface area contributed by atoms with Crippen LogP contribution in [0.2, 0.25) is 0 Å². The Balaban J connectivity index is 1.43. The van der Waals surface area contributed by atoms with E-state index < -0.39 is 0 Å². The fraction of sp³-hybridized carbons (Fsp3) is 0.556. The van der Waals surface area contributed by atoms with Gasteiger partial charge in [0.05, 0.1) is 30.2 Å². The zero-order valence-electron chi connectivity index (χ0n) is 14.5. The molecule has 1 atom stereocenters. The molecular formula is C18H23N5O2. The number of carbonyl (C=O) groups is 1. The molecule has 0 aromatic carbocycles. The van der Waals surface area contributed by atoms with Crippen LogP contribution in [-0.4, -0.2) is 50.3 Å². The van der Waals surface area contributed by atoms with Crippen molar-refractivity contribution in [3.8, 4) is 0 Å². The first kappa shape index (κ1) is 16.2. The summed E-state index contributed by atoms with van der Waals surface area (Å²) >= 11 is 0. The van der Waals surface area contributed by atoms with E-state index in [0.717, 1.165) is 30.3 Å². The minimum Gasteiger partial charge on any atom is -0.381 e. The zero-order valence-corrected chi connectivity index (χ0v) is 14.5. The predicted molar refractivity (Wildman–Crippen MR) is 90.9 cm³/mol. The van der Waals surface area contributed by atoms with Crippen LogP contribution < -0.4 is 0 Å². The van der Waals surface area contributed by atoms with Crippen LogP contribution in [-0.2, 0) is 11.3 Å². The Morgan fingerprint density at radius 3 is 2.96 bits per heavy atom. The van der Waals surface area contributed by atoms with Crippen molar-refractivity contribution < 1.29 is 9.53 Å². The largest absolute Gasteiger partial charge is 0.381 e. The number of fused-ring (bicyclic) bond motifs is 1. The molecule has 0 bridgehead atoms. The number of hydrogen-bond acceptors (Lipinski definition) is 5. The third-order valence-electron chi connectivity index (χ3n) is 4.82. The van der Waals surface area contributed by atoms with Crippen LogP contribution in [0.25, 0.3) is 0 Å². The van der Waals surface area contributed by atoms with E-state index in [1.165, 1.54) is 12.8 Å². The first-order chi connectivity index (χ1) is 12.2. The second-order valence-corrected chi connectivity index (χ2v) is 6.96. The summed E-state index contributed by atoms with van der Waals surface area (Å²) in [4.78, 5) is 23.0. The molecule has 4 rings (SSSR count). The lowest BCUT2D eigenvalue weighted by molar-refractivity contribution is 0.0605. The lowest BCUT2D eigenvalue weighted by Crippen LogP contribution is -2.42. The van der Waals surface area contributed by atoms with Gasteiger partial charge in [-0.3, -0.25) is 14.5 Å². The highest BCUT2D eigenvalue weighted by atomic mass is 16.5. The van der Waals surface area contributed by atoms with Gasteiger partial charge in [-0.15, -0.1) is 0 Å². The van der Waals surface area contributed by atoms with Crippen molar-refractivity contribution in [1.29, 1.82) is 0 Å². The molecule has 1 aliphatic carbocycles. The smallest absolute Gasteiger partial charge is 0.274 e. The predicted octanol–water partition coefficient (Wildman–Crippen LogP) is 2.00. The Kier molecular flexibility index (Phi) is 4.48. The number of ether oxygens (including phenoxy) is 1. The maximum absolute atomic E-state index is 12.8. The fourth-order valence-corrected chi connectivity index (χ4v) is 3.17. The van der Waals surface area contributed by atoms with Crippen LogP contribution in [0.15, 0.2) is 24.7 Å². The van der Waals surface area contributed by atoms with Gasteiger partial charge in [-0.1, -0.05) is 0 Å². The van der Waals surface area contributed by atoms with Crippen molar-refractivity contribution >= 4 is 5.91 Å². The van der Waals surface area contributed by atoms with Crippen LogP contribution in [0.5, 0.6) is 0 Å². The van der Waals surface area contributed by atoms with Gasteiger partial charge in [0, 0.05) is 32.2 Å². The molecule has 0 radical (unpaired) electrons. The van der Waals surface area contributed by atoms with Crippen molar-refractivity contribution in [3.63, 3.8) is 0 Å². The van der Waals surface area contributed by atoms with Gasteiger partial charge >= 0.3 is 0 Å². The molecule has 0 spiro atoms. The molecule has 2 aliphatic rings. The number of hydrogen-bond donors (Lipinski definition) is 0. The molecule has 0 unspecified atom stereocenters. The highest BCUT2D eigenvalue weighted by Gasteiger charge is 2.30. The van der Waals surface area contributed by atoms with Crippen molar-refractivity contribution in [2.45, 2.75) is 38.8 Å². The number of aryl methyl sites for hydroxylation is 1. The van der Waals surface area contributed by atoms with Crippen molar-refractivity contribution in [2.24, 2.45) is 5.92 Å². The number of carbonyl (C=O) groups excluding carboxylic acids is 1. The SMILES string of the molecule is Cc1cnc(C(=O)N2Cc3ccnn3[C@@H](CCOCC3CC3)C2)cn1. The van der Waals surface area contributed by atoms with Gasteiger partial charge < -0.3 is 9.64 Å². The highest BCUT2D eigenvalue weighted by molar-refractivity contribution is 5.92. The molecule has 7 nitrogen and oxygen atoms in total. The molecule has 1 saturated carbocycles. The third-order valence-corrected chi connectivity index (χ3v) is 4.82. The van der Waals surface area contributed by atoms with Gasteiger partial charge in [0.25, 0.3) is 5.91 Å². The van der Waals surface area contributed by atoms with Crippen LogP contribution in [0, 0.1) is 12.8 Å². The van der Waals surface area contributed by atoms with E-state index in [1.54, 1.807) is 18.6 Å². The summed E-state index contributed by atoms with van der Waals surface area (Å²) in [6.07, 6.45) is 8.43. The van der Waals surface area contributed by atoms with Gasteiger partial charge in [-0.2, -0.15) is 5.10 Å². The van der Waals surface area contributed by atoms with Crippen LogP contribution in [0.4, 0.5) is 0 Å². The molecule has 1 amide bonds. The first-order valence-corrected chi connectivity index (χ1v) is 8.89. The quantitative estimate of drug-likeness (QED) is 0.751. The first-order valence-electron chi connectivity index (χ1n) is 8.89. The Labute approximate surface area is 147 Å². The molecule has 25 heavy (non-hydrogen) atoms. The van der Waals surface area contributed by atoms with Gasteiger partial charge in [0.2, 0.25) is 0 Å². The van der Waals surface area contributed by atoms with E-state index in [4.69, 9.17) is 4.74 Å². The standard InChI is InChI=1S/C18H23N5O2/c1-13-8-20-17(9-19-13)18(24)22-10-15-4-6-21-23(15)16(11-22)5-7-25-12-14-2-3-14/h4,6,8-9,14,16H,2-3,5,7,10-12H2,1H3/t16-/m0/s1. The van der Waals surface area contributed by atoms with Crippen molar-refractivity contribution in [2.75, 3.05) is 19.8 Å². The Hall–Kier alpha value is -2.28. The molecule has 3 heterocycles. The summed E-state index contributed by atoms with van der Waals surface area (Å²) < 4.78 is 7.81. The Morgan fingerprint density at radius 2 is 2.20 bits per heavy atom. The topological polar surface area (TPSA) is 73.1 Å². The van der Waals surface area contributed by atoms with Gasteiger partial charge in [0.15, 0.2) is 0 Å². The van der Waals surface area contributed by atoms with Gasteiger partial charge in [0.1, 0.15) is 5.69 Å². The van der Waals surface area contributed by atoms with Crippen LogP contribution in [0.1, 0.15) is 47.2 Å². The van der Waals surface area contributed by atoms with E-state index in [9.17, 15) is 4.79 Å². The number of amides is 1. The average molecular weight is 341 g/mol. The highest BCUT2D eigenvalue weighted by Crippen LogP contribution is 2.29. The number of nitrogens with zero attached hydrogens (tertiary/aromatic N) is 5. The van der Waals surface area contributed by atoms with Crippen LogP contribution >= 0.6 is 0 Å². The third kappa shape index (κ3) is 3.71. The van der Waals surface area contributed by atoms with Crippen molar-refractivity contribution in [3.05, 3.63) is 41.7 Å². The van der Waals surface area contributed by atoms with E-state index in [2.05, 4.69) is 15.1 Å². The summed E-state index contributed by atoms with van der Waals surface area (Å²) in [6.45, 7) is 4.59. The molecule has 0 saturated heterocycles. The molecular weight excluding hydrogens is 318 g/mol. The summed E-state index contributed by atoms with van der Waals surface area (Å²) in [6, 6.07) is 2.11.